The molecule has 1 aliphatic heterocycles. The number of ether oxygens (including phenoxy) is 1. The fourth-order valence-corrected chi connectivity index (χ4v) is 3.66. The van der Waals surface area contributed by atoms with Gasteiger partial charge >= 0.3 is 5.97 Å². The third kappa shape index (κ3) is 4.97. The average molecular weight is 381 g/mol. The minimum atomic E-state index is -3.20. The van der Waals surface area contributed by atoms with E-state index in [0.29, 0.717) is 18.0 Å². The number of carbonyl (C=O) groups is 1. The lowest BCUT2D eigenvalue weighted by atomic mass is 9.99. The topological polar surface area (TPSA) is 88.1 Å². The van der Waals surface area contributed by atoms with Gasteiger partial charge in [0.25, 0.3) is 0 Å². The number of likely N-dealkylation sites (tertiary alicyclic amines) is 1. The summed E-state index contributed by atoms with van der Waals surface area (Å²) in [6.07, 6.45) is 1.19. The molecule has 7 nitrogen and oxygen atoms in total. The number of esters is 1. The first kappa shape index (κ1) is 20.2. The van der Waals surface area contributed by atoms with E-state index >= 15 is 0 Å². The Morgan fingerprint density at radius 3 is 2.50 bits per heavy atom. The Balaban J connectivity index is 2.11. The van der Waals surface area contributed by atoms with E-state index in [4.69, 9.17) is 4.74 Å². The highest BCUT2D eigenvalue weighted by Gasteiger charge is 2.36. The monoisotopic (exact) mass is 381 g/mol. The van der Waals surface area contributed by atoms with Gasteiger partial charge in [-0.1, -0.05) is 19.1 Å². The zero-order valence-corrected chi connectivity index (χ0v) is 16.5. The number of methoxy groups -OCH3 is 1. The van der Waals surface area contributed by atoms with Gasteiger partial charge in [0.05, 0.1) is 24.5 Å². The highest BCUT2D eigenvalue weighted by atomic mass is 32.2. The molecular formula is C18H27N3O4S. The minimum absolute atomic E-state index is 0.155. The lowest BCUT2D eigenvalue weighted by molar-refractivity contribution is -0.145. The van der Waals surface area contributed by atoms with Gasteiger partial charge in [0.15, 0.2) is 15.8 Å². The van der Waals surface area contributed by atoms with Crippen LogP contribution in [0.4, 0.5) is 0 Å². The Hall–Kier alpha value is -2.09. The Morgan fingerprint density at radius 1 is 1.31 bits per heavy atom. The summed E-state index contributed by atoms with van der Waals surface area (Å²) in [5.41, 5.74) is 0.921. The maximum Gasteiger partial charge on any atom is 0.310 e. The van der Waals surface area contributed by atoms with Crippen LogP contribution in [0.3, 0.4) is 0 Å². The van der Waals surface area contributed by atoms with Crippen molar-refractivity contribution in [3.63, 3.8) is 0 Å². The molecular weight excluding hydrogens is 354 g/mol. The zero-order chi connectivity index (χ0) is 19.3. The van der Waals surface area contributed by atoms with Crippen LogP contribution in [0.15, 0.2) is 34.2 Å². The van der Waals surface area contributed by atoms with Gasteiger partial charge in [-0.25, -0.2) is 13.4 Å². The smallest absolute Gasteiger partial charge is 0.310 e. The molecule has 0 amide bonds. The van der Waals surface area contributed by atoms with Crippen molar-refractivity contribution in [2.45, 2.75) is 25.3 Å². The van der Waals surface area contributed by atoms with Crippen LogP contribution in [0.5, 0.6) is 0 Å². The molecule has 1 N–H and O–H groups in total. The standard InChI is InChI=1S/C18H27N3O4S/c1-5-19-18(21-11-13(2)16(12-21)17(22)25-3)20-10-14-6-8-15(9-7-14)26(4,23)24/h6-9,13,16H,5,10-12H2,1-4H3,(H,19,20). The van der Waals surface area contributed by atoms with Crippen LogP contribution in [-0.4, -0.2) is 58.2 Å². The number of nitrogens with one attached hydrogen (secondary N) is 1. The Bertz CT molecular complexity index is 759. The van der Waals surface area contributed by atoms with Crippen LogP contribution in [0.1, 0.15) is 19.4 Å². The molecule has 0 spiro atoms. The zero-order valence-electron chi connectivity index (χ0n) is 15.7. The van der Waals surface area contributed by atoms with Crippen molar-refractivity contribution in [1.82, 2.24) is 10.2 Å². The van der Waals surface area contributed by atoms with Gasteiger partial charge in [-0.2, -0.15) is 0 Å². The number of hydrogen-bond donors (Lipinski definition) is 1. The number of carbonyl (C=O) groups excluding carboxylic acids is 1. The van der Waals surface area contributed by atoms with E-state index in [1.54, 1.807) is 24.3 Å². The number of nitrogens with zero attached hydrogens (tertiary/aromatic N) is 2. The number of aliphatic imine (C=N–C) groups is 1. The number of hydrogen-bond acceptors (Lipinski definition) is 5. The SMILES string of the molecule is CCNC(=NCc1ccc(S(C)(=O)=O)cc1)N1CC(C)C(C(=O)OC)C1. The second kappa shape index (κ2) is 8.53. The predicted octanol–water partition coefficient (Wildman–Crippen LogP) is 1.30. The van der Waals surface area contributed by atoms with Crippen molar-refractivity contribution in [2.24, 2.45) is 16.8 Å². The largest absolute Gasteiger partial charge is 0.469 e. The molecule has 26 heavy (non-hydrogen) atoms. The molecule has 1 aromatic rings. The van der Waals surface area contributed by atoms with Crippen molar-refractivity contribution < 1.29 is 17.9 Å². The summed E-state index contributed by atoms with van der Waals surface area (Å²) < 4.78 is 27.9. The van der Waals surface area contributed by atoms with E-state index in [1.165, 1.54) is 13.4 Å². The molecule has 0 aromatic heterocycles. The van der Waals surface area contributed by atoms with Gasteiger partial charge < -0.3 is 15.0 Å². The predicted molar refractivity (Wildman–Crippen MR) is 101 cm³/mol. The fraction of sp³-hybridized carbons (Fsp3) is 0.556. The molecule has 0 bridgehead atoms. The first-order chi connectivity index (χ1) is 12.3. The molecule has 0 aliphatic carbocycles. The van der Waals surface area contributed by atoms with Gasteiger partial charge in [-0.15, -0.1) is 0 Å². The Labute approximate surface area is 155 Å². The number of rotatable bonds is 5. The number of guanidine groups is 1. The van der Waals surface area contributed by atoms with Crippen molar-refractivity contribution in [1.29, 1.82) is 0 Å². The van der Waals surface area contributed by atoms with E-state index in [1.807, 2.05) is 13.8 Å². The maximum atomic E-state index is 11.9. The van der Waals surface area contributed by atoms with Crippen molar-refractivity contribution >= 4 is 21.8 Å². The summed E-state index contributed by atoms with van der Waals surface area (Å²) >= 11 is 0. The lowest BCUT2D eigenvalue weighted by Crippen LogP contribution is -2.40. The van der Waals surface area contributed by atoms with E-state index in [0.717, 1.165) is 24.6 Å². The Kier molecular flexibility index (Phi) is 6.63. The number of benzene rings is 1. The van der Waals surface area contributed by atoms with E-state index in [2.05, 4.69) is 15.2 Å². The Morgan fingerprint density at radius 2 is 1.96 bits per heavy atom. The summed E-state index contributed by atoms with van der Waals surface area (Å²) in [4.78, 5) is 18.9. The third-order valence-corrected chi connectivity index (χ3v) is 5.64. The van der Waals surface area contributed by atoms with Crippen LogP contribution in [0.2, 0.25) is 0 Å². The molecule has 0 radical (unpaired) electrons. The van der Waals surface area contributed by atoms with E-state index in [9.17, 15) is 13.2 Å². The third-order valence-electron chi connectivity index (χ3n) is 4.51. The summed E-state index contributed by atoms with van der Waals surface area (Å²) in [6.45, 7) is 6.49. The molecule has 1 aromatic carbocycles. The summed E-state index contributed by atoms with van der Waals surface area (Å²) in [6, 6.07) is 6.73. The first-order valence-electron chi connectivity index (χ1n) is 8.66. The van der Waals surface area contributed by atoms with Gasteiger partial charge in [0.2, 0.25) is 0 Å². The van der Waals surface area contributed by atoms with Crippen LogP contribution in [0.25, 0.3) is 0 Å². The van der Waals surface area contributed by atoms with Crippen molar-refractivity contribution in [2.75, 3.05) is 33.0 Å². The first-order valence-corrected chi connectivity index (χ1v) is 10.6. The summed E-state index contributed by atoms with van der Waals surface area (Å²) in [5.74, 6) is 0.600. The summed E-state index contributed by atoms with van der Waals surface area (Å²) in [5, 5.41) is 3.26. The van der Waals surface area contributed by atoms with Gasteiger partial charge in [-0.05, 0) is 30.5 Å². The van der Waals surface area contributed by atoms with Crippen LogP contribution in [0, 0.1) is 11.8 Å². The molecule has 1 heterocycles. The quantitative estimate of drug-likeness (QED) is 0.470. The number of sulfone groups is 1. The van der Waals surface area contributed by atoms with Crippen molar-refractivity contribution in [3.8, 4) is 0 Å². The molecule has 2 unspecified atom stereocenters. The van der Waals surface area contributed by atoms with E-state index in [-0.39, 0.29) is 17.8 Å². The van der Waals surface area contributed by atoms with Crippen LogP contribution in [-0.2, 0) is 25.9 Å². The highest BCUT2D eigenvalue weighted by Crippen LogP contribution is 2.24. The second-order valence-electron chi connectivity index (χ2n) is 6.60. The minimum Gasteiger partial charge on any atom is -0.469 e. The normalized spacial score (nSPS) is 20.9. The summed E-state index contributed by atoms with van der Waals surface area (Å²) in [7, 11) is -1.78. The average Bonchev–Trinajstić information content (AvgIpc) is 2.99. The van der Waals surface area contributed by atoms with Crippen LogP contribution < -0.4 is 5.32 Å². The van der Waals surface area contributed by atoms with Gasteiger partial charge in [0, 0.05) is 25.9 Å². The van der Waals surface area contributed by atoms with Crippen molar-refractivity contribution in [3.05, 3.63) is 29.8 Å². The molecule has 2 atom stereocenters. The van der Waals surface area contributed by atoms with Gasteiger partial charge in [0.1, 0.15) is 0 Å². The van der Waals surface area contributed by atoms with E-state index < -0.39 is 9.84 Å². The van der Waals surface area contributed by atoms with Gasteiger partial charge in [-0.3, -0.25) is 4.79 Å². The molecule has 1 aliphatic rings. The highest BCUT2D eigenvalue weighted by molar-refractivity contribution is 7.90. The molecule has 2 rings (SSSR count). The molecule has 1 fully saturated rings. The fourth-order valence-electron chi connectivity index (χ4n) is 3.03. The molecule has 8 heteroatoms. The maximum absolute atomic E-state index is 11.9. The molecule has 1 saturated heterocycles. The lowest BCUT2D eigenvalue weighted by Gasteiger charge is -2.21. The second-order valence-corrected chi connectivity index (χ2v) is 8.61. The molecule has 0 saturated carbocycles. The molecule has 144 valence electrons. The van der Waals surface area contributed by atoms with Crippen LogP contribution >= 0.6 is 0 Å².